The fourth-order valence-corrected chi connectivity index (χ4v) is 10.8. The Balaban J connectivity index is 3.87. The number of carbonyl (C=O) groups excluding carboxylic acids is 2. The molecular formula is C81H136NO8P. The lowest BCUT2D eigenvalue weighted by Gasteiger charge is -2.19. The van der Waals surface area contributed by atoms with Crippen molar-refractivity contribution in [2.45, 2.75) is 315 Å². The second-order valence-electron chi connectivity index (χ2n) is 24.0. The zero-order chi connectivity index (χ0) is 65.8. The van der Waals surface area contributed by atoms with Crippen molar-refractivity contribution in [3.8, 4) is 0 Å². The van der Waals surface area contributed by atoms with E-state index in [9.17, 15) is 19.0 Å². The zero-order valence-corrected chi connectivity index (χ0v) is 59.2. The largest absolute Gasteiger partial charge is 0.472 e. The lowest BCUT2D eigenvalue weighted by atomic mass is 10.0. The fraction of sp³-hybridized carbons (Fsp3) is 0.654. The van der Waals surface area contributed by atoms with Crippen LogP contribution in [-0.4, -0.2) is 49.3 Å². The van der Waals surface area contributed by atoms with E-state index < -0.39 is 26.5 Å². The van der Waals surface area contributed by atoms with Crippen LogP contribution in [0.25, 0.3) is 0 Å². The third-order valence-electron chi connectivity index (χ3n) is 15.4. The molecule has 0 saturated carbocycles. The normalized spacial score (nSPS) is 13.8. The van der Waals surface area contributed by atoms with Gasteiger partial charge in [-0.25, -0.2) is 4.57 Å². The maximum Gasteiger partial charge on any atom is 0.472 e. The van der Waals surface area contributed by atoms with Gasteiger partial charge >= 0.3 is 19.8 Å². The number of unbranched alkanes of at least 4 members (excludes halogenated alkanes) is 29. The van der Waals surface area contributed by atoms with Gasteiger partial charge in [0, 0.05) is 19.4 Å². The zero-order valence-electron chi connectivity index (χ0n) is 58.3. The average molecular weight is 1280 g/mol. The first-order chi connectivity index (χ1) is 44.8. The van der Waals surface area contributed by atoms with Gasteiger partial charge in [0.15, 0.2) is 6.10 Å². The predicted octanol–water partition coefficient (Wildman–Crippen LogP) is 24.7. The van der Waals surface area contributed by atoms with E-state index in [-0.39, 0.29) is 38.6 Å². The summed E-state index contributed by atoms with van der Waals surface area (Å²) < 4.78 is 33.2. The molecule has 0 fully saturated rings. The van der Waals surface area contributed by atoms with Crippen molar-refractivity contribution in [1.82, 2.24) is 0 Å². The molecule has 0 radical (unpaired) electrons. The van der Waals surface area contributed by atoms with Crippen molar-refractivity contribution in [1.29, 1.82) is 0 Å². The van der Waals surface area contributed by atoms with Crippen LogP contribution in [0.15, 0.2) is 158 Å². The third kappa shape index (κ3) is 74.5. The second-order valence-corrected chi connectivity index (χ2v) is 25.5. The van der Waals surface area contributed by atoms with Gasteiger partial charge in [-0.15, -0.1) is 0 Å². The Morgan fingerprint density at radius 3 is 0.846 bits per heavy atom. The van der Waals surface area contributed by atoms with Crippen LogP contribution >= 0.6 is 7.82 Å². The van der Waals surface area contributed by atoms with E-state index in [0.717, 1.165) is 128 Å². The van der Waals surface area contributed by atoms with Crippen molar-refractivity contribution < 1.29 is 37.6 Å². The number of nitrogens with two attached hydrogens (primary N) is 1. The van der Waals surface area contributed by atoms with Gasteiger partial charge in [0.2, 0.25) is 0 Å². The molecule has 0 amide bonds. The molecule has 518 valence electrons. The molecule has 0 aliphatic rings. The summed E-state index contributed by atoms with van der Waals surface area (Å²) in [6.45, 7) is 3.52. The highest BCUT2D eigenvalue weighted by molar-refractivity contribution is 7.47. The Bertz CT molecular complexity index is 2050. The summed E-state index contributed by atoms with van der Waals surface area (Å²) in [6.07, 6.45) is 109. The fourth-order valence-electron chi connectivity index (χ4n) is 10.0. The van der Waals surface area contributed by atoms with E-state index in [4.69, 9.17) is 24.3 Å². The Labute approximate surface area is 559 Å². The standard InChI is InChI=1S/C81H136NO8P/c1-3-5-7-9-11-13-15-17-19-21-23-25-27-29-31-33-34-35-36-37-38-39-40-41-42-43-44-46-47-49-51-53-55-57-59-61-63-65-67-69-71-73-80(83)87-77-79(78-89-91(85,86)88-76-75-82)90-81(84)74-72-70-68-66-64-62-60-58-56-54-52-50-48-45-32-30-28-26-24-22-20-18-16-14-12-10-8-6-4-2/h5-8,11-14,17-20,23-26,29-32,34-35,48,50,54,56,79H,3-4,9-10,15-16,21-22,27-28,33,36-47,49,51-53,55,57-78,82H2,1-2H3,(H,85,86)/b7-5-,8-6-,13-11-,14-12-,19-17-,20-18-,25-23-,26-24-,31-29-,32-30-,35-34-,50-48-,56-54-. The Kier molecular flexibility index (Phi) is 71.1. The van der Waals surface area contributed by atoms with E-state index in [1.807, 2.05) is 0 Å². The molecule has 0 aromatic carbocycles. The Hall–Kier alpha value is -4.37. The van der Waals surface area contributed by atoms with Crippen LogP contribution in [0.5, 0.6) is 0 Å². The van der Waals surface area contributed by atoms with Crippen LogP contribution < -0.4 is 5.73 Å². The first-order valence-electron chi connectivity index (χ1n) is 37.0. The first kappa shape index (κ1) is 86.6. The molecule has 0 aliphatic heterocycles. The molecule has 2 atom stereocenters. The van der Waals surface area contributed by atoms with Crippen molar-refractivity contribution in [2.24, 2.45) is 5.73 Å². The number of phosphoric acid groups is 1. The second kappa shape index (κ2) is 74.7. The molecule has 0 rings (SSSR count). The number of phosphoric ester groups is 1. The van der Waals surface area contributed by atoms with E-state index in [1.165, 1.54) is 148 Å². The van der Waals surface area contributed by atoms with Crippen LogP contribution in [0.2, 0.25) is 0 Å². The van der Waals surface area contributed by atoms with Gasteiger partial charge in [0.25, 0.3) is 0 Å². The molecular weight excluding hydrogens is 1150 g/mol. The minimum Gasteiger partial charge on any atom is -0.462 e. The number of ether oxygens (including phenoxy) is 2. The molecule has 0 aromatic rings. The van der Waals surface area contributed by atoms with Gasteiger partial charge < -0.3 is 20.1 Å². The number of hydrogen-bond donors (Lipinski definition) is 2. The molecule has 9 nitrogen and oxygen atoms in total. The van der Waals surface area contributed by atoms with E-state index in [0.29, 0.717) is 6.42 Å². The maximum atomic E-state index is 12.8. The van der Waals surface area contributed by atoms with Crippen molar-refractivity contribution >= 4 is 19.8 Å². The van der Waals surface area contributed by atoms with Gasteiger partial charge in [-0.2, -0.15) is 0 Å². The summed E-state index contributed by atoms with van der Waals surface area (Å²) in [5, 5.41) is 0. The van der Waals surface area contributed by atoms with Gasteiger partial charge in [0.1, 0.15) is 6.61 Å². The van der Waals surface area contributed by atoms with Crippen molar-refractivity contribution in [3.63, 3.8) is 0 Å². The Morgan fingerprint density at radius 1 is 0.330 bits per heavy atom. The summed E-state index contributed by atoms with van der Waals surface area (Å²) in [5.74, 6) is -0.839. The minimum absolute atomic E-state index is 0.0456. The SMILES string of the molecule is CC/C=C\C/C=C\C/C=C\C/C=C\C/C=C\C/C=C\C/C=C\CCCCCCCCCC(=O)OC(COC(=O)CCCCCCCCCCCCCCCCCCCCCCCC/C=C\C/C=C\C/C=C\C/C=C\C/C=C\C/C=C\CC)COP(=O)(O)OCCN. The summed E-state index contributed by atoms with van der Waals surface area (Å²) in [4.78, 5) is 35.4. The van der Waals surface area contributed by atoms with Gasteiger partial charge in [0.05, 0.1) is 13.2 Å². The van der Waals surface area contributed by atoms with Crippen LogP contribution in [0.1, 0.15) is 309 Å². The lowest BCUT2D eigenvalue weighted by Crippen LogP contribution is -2.29. The maximum absolute atomic E-state index is 12.8. The van der Waals surface area contributed by atoms with Crippen LogP contribution in [0.3, 0.4) is 0 Å². The molecule has 10 heteroatoms. The number of rotatable bonds is 68. The lowest BCUT2D eigenvalue weighted by molar-refractivity contribution is -0.161. The molecule has 2 unspecified atom stereocenters. The minimum atomic E-state index is -4.41. The number of carbonyl (C=O) groups is 2. The third-order valence-corrected chi connectivity index (χ3v) is 16.4. The molecule has 0 heterocycles. The summed E-state index contributed by atoms with van der Waals surface area (Å²) in [6, 6.07) is 0. The van der Waals surface area contributed by atoms with Crippen LogP contribution in [0, 0.1) is 0 Å². The Morgan fingerprint density at radius 2 is 0.571 bits per heavy atom. The number of hydrogen-bond acceptors (Lipinski definition) is 8. The summed E-state index contributed by atoms with van der Waals surface area (Å²) in [5.41, 5.74) is 5.40. The molecule has 0 aromatic heterocycles. The van der Waals surface area contributed by atoms with Crippen LogP contribution in [-0.2, 0) is 32.7 Å². The quantitative estimate of drug-likeness (QED) is 0.0264. The molecule has 0 spiro atoms. The molecule has 3 N–H and O–H groups in total. The van der Waals surface area contributed by atoms with Gasteiger partial charge in [-0.1, -0.05) is 332 Å². The van der Waals surface area contributed by atoms with E-state index >= 15 is 0 Å². The first-order valence-corrected chi connectivity index (χ1v) is 38.5. The number of esters is 2. The average Bonchev–Trinajstić information content (AvgIpc) is 3.68. The molecule has 91 heavy (non-hydrogen) atoms. The van der Waals surface area contributed by atoms with Crippen LogP contribution in [0.4, 0.5) is 0 Å². The predicted molar refractivity (Wildman–Crippen MR) is 394 cm³/mol. The van der Waals surface area contributed by atoms with Crippen molar-refractivity contribution in [2.75, 3.05) is 26.4 Å². The summed E-state index contributed by atoms with van der Waals surface area (Å²) in [7, 11) is -4.41. The van der Waals surface area contributed by atoms with E-state index in [2.05, 4.69) is 172 Å². The summed E-state index contributed by atoms with van der Waals surface area (Å²) >= 11 is 0. The molecule has 0 saturated heterocycles. The highest BCUT2D eigenvalue weighted by Gasteiger charge is 2.26. The topological polar surface area (TPSA) is 134 Å². The number of allylic oxidation sites excluding steroid dienone is 26. The van der Waals surface area contributed by atoms with Gasteiger partial charge in [-0.3, -0.25) is 18.6 Å². The monoisotopic (exact) mass is 1280 g/mol. The molecule has 0 aliphatic carbocycles. The highest BCUT2D eigenvalue weighted by Crippen LogP contribution is 2.43. The van der Waals surface area contributed by atoms with Crippen molar-refractivity contribution in [3.05, 3.63) is 158 Å². The highest BCUT2D eigenvalue weighted by atomic mass is 31.2. The smallest absolute Gasteiger partial charge is 0.462 e. The van der Waals surface area contributed by atoms with E-state index in [1.54, 1.807) is 0 Å². The molecule has 0 bridgehead atoms. The van der Waals surface area contributed by atoms with Gasteiger partial charge in [-0.05, 0) is 122 Å².